The number of ether oxygens (including phenoxy) is 2. The Bertz CT molecular complexity index is 334. The van der Waals surface area contributed by atoms with Crippen molar-refractivity contribution in [3.8, 4) is 0 Å². The molecule has 7 heteroatoms. The molecule has 3 unspecified atom stereocenters. The monoisotopic (exact) mass is 262 g/mol. The standard InChI is InChI=1S/C11H18O7/c1-5-17-11(4,8(14)6(2)12)10(16)18-9(15)7(3)13/h6-7,12-13H,5H2,1-4H3. The second-order valence-electron chi connectivity index (χ2n) is 3.89. The summed E-state index contributed by atoms with van der Waals surface area (Å²) in [6.45, 7) is 4.93. The van der Waals surface area contributed by atoms with Crippen molar-refractivity contribution in [2.45, 2.75) is 45.5 Å². The fourth-order valence-corrected chi connectivity index (χ4v) is 1.19. The van der Waals surface area contributed by atoms with Crippen LogP contribution in [-0.4, -0.2) is 52.4 Å². The minimum absolute atomic E-state index is 0.00687. The predicted molar refractivity (Wildman–Crippen MR) is 59.5 cm³/mol. The van der Waals surface area contributed by atoms with Crippen LogP contribution in [0.1, 0.15) is 27.7 Å². The van der Waals surface area contributed by atoms with Gasteiger partial charge in [0.15, 0.2) is 0 Å². The van der Waals surface area contributed by atoms with Crippen LogP contribution >= 0.6 is 0 Å². The van der Waals surface area contributed by atoms with Gasteiger partial charge in [0, 0.05) is 6.61 Å². The molecule has 0 rings (SSSR count). The van der Waals surface area contributed by atoms with Gasteiger partial charge in [-0.25, -0.2) is 9.59 Å². The maximum atomic E-state index is 11.7. The molecule has 104 valence electrons. The highest BCUT2D eigenvalue weighted by Gasteiger charge is 2.46. The third-order valence-electron chi connectivity index (χ3n) is 2.21. The molecule has 0 saturated carbocycles. The molecule has 18 heavy (non-hydrogen) atoms. The normalized spacial score (nSPS) is 17.4. The van der Waals surface area contributed by atoms with Crippen LogP contribution in [0.4, 0.5) is 0 Å². The van der Waals surface area contributed by atoms with Crippen molar-refractivity contribution in [3.05, 3.63) is 0 Å². The second-order valence-corrected chi connectivity index (χ2v) is 3.89. The Balaban J connectivity index is 5.05. The second kappa shape index (κ2) is 6.58. The molecule has 0 aliphatic rings. The first kappa shape index (κ1) is 16.7. The lowest BCUT2D eigenvalue weighted by Crippen LogP contribution is -2.52. The van der Waals surface area contributed by atoms with Gasteiger partial charge in [0.1, 0.15) is 12.2 Å². The van der Waals surface area contributed by atoms with E-state index in [1.165, 1.54) is 13.8 Å². The molecule has 0 aliphatic carbocycles. The number of hydrogen-bond donors (Lipinski definition) is 2. The number of Topliss-reactive ketones (excluding diaryl/α,β-unsaturated/α-hetero) is 1. The van der Waals surface area contributed by atoms with E-state index < -0.39 is 35.5 Å². The van der Waals surface area contributed by atoms with Crippen molar-refractivity contribution in [1.82, 2.24) is 0 Å². The summed E-state index contributed by atoms with van der Waals surface area (Å²) in [6.07, 6.45) is -2.95. The summed E-state index contributed by atoms with van der Waals surface area (Å²) in [7, 11) is 0. The highest BCUT2D eigenvalue weighted by molar-refractivity contribution is 6.10. The Morgan fingerprint density at radius 3 is 2.00 bits per heavy atom. The molecule has 0 aromatic rings. The minimum Gasteiger partial charge on any atom is -0.389 e. The number of carbonyl (C=O) groups excluding carboxylic acids is 3. The molecular weight excluding hydrogens is 244 g/mol. The number of aliphatic hydroxyl groups is 2. The Kier molecular flexibility index (Phi) is 6.10. The van der Waals surface area contributed by atoms with Gasteiger partial charge in [-0.1, -0.05) is 0 Å². The molecule has 7 nitrogen and oxygen atoms in total. The first-order valence-electron chi connectivity index (χ1n) is 5.47. The molecule has 0 saturated heterocycles. The quantitative estimate of drug-likeness (QED) is 0.475. The summed E-state index contributed by atoms with van der Waals surface area (Å²) >= 11 is 0. The lowest BCUT2D eigenvalue weighted by atomic mass is 9.97. The summed E-state index contributed by atoms with van der Waals surface area (Å²) in [5.41, 5.74) is -2.08. The van der Waals surface area contributed by atoms with E-state index in [1.807, 2.05) is 0 Å². The molecule has 0 bridgehead atoms. The fourth-order valence-electron chi connectivity index (χ4n) is 1.19. The summed E-state index contributed by atoms with van der Waals surface area (Å²) in [5, 5.41) is 18.1. The van der Waals surface area contributed by atoms with Crippen molar-refractivity contribution in [1.29, 1.82) is 0 Å². The summed E-state index contributed by atoms with van der Waals surface area (Å²) in [4.78, 5) is 34.5. The summed E-state index contributed by atoms with van der Waals surface area (Å²) in [6, 6.07) is 0. The van der Waals surface area contributed by atoms with E-state index in [4.69, 9.17) is 9.84 Å². The highest BCUT2D eigenvalue weighted by Crippen LogP contribution is 2.17. The largest absolute Gasteiger partial charge is 0.389 e. The van der Waals surface area contributed by atoms with E-state index in [0.717, 1.165) is 13.8 Å². The molecule has 0 aliphatic heterocycles. The molecule has 2 N–H and O–H groups in total. The van der Waals surface area contributed by atoms with Gasteiger partial charge < -0.3 is 19.7 Å². The molecule has 0 amide bonds. The van der Waals surface area contributed by atoms with Crippen LogP contribution in [0.3, 0.4) is 0 Å². The average molecular weight is 262 g/mol. The number of rotatable bonds is 6. The van der Waals surface area contributed by atoms with Gasteiger partial charge in [-0.15, -0.1) is 0 Å². The molecule has 0 spiro atoms. The first-order chi connectivity index (χ1) is 8.16. The van der Waals surface area contributed by atoms with Crippen LogP contribution in [0.25, 0.3) is 0 Å². The SMILES string of the molecule is CCOC(C)(C(=O)OC(=O)C(C)O)C(=O)C(C)O. The van der Waals surface area contributed by atoms with Gasteiger partial charge in [0.2, 0.25) is 11.4 Å². The number of carbonyl (C=O) groups is 3. The number of esters is 2. The van der Waals surface area contributed by atoms with E-state index in [0.29, 0.717) is 0 Å². The van der Waals surface area contributed by atoms with Gasteiger partial charge >= 0.3 is 11.9 Å². The van der Waals surface area contributed by atoms with E-state index in [2.05, 4.69) is 4.74 Å². The molecule has 0 radical (unpaired) electrons. The molecule has 0 fully saturated rings. The third-order valence-corrected chi connectivity index (χ3v) is 2.21. The lowest BCUT2D eigenvalue weighted by Gasteiger charge is -2.26. The smallest absolute Gasteiger partial charge is 0.353 e. The molecule has 0 aromatic carbocycles. The predicted octanol–water partition coefficient (Wildman–Crippen LogP) is -0.818. The van der Waals surface area contributed by atoms with Crippen LogP contribution in [-0.2, 0) is 23.9 Å². The van der Waals surface area contributed by atoms with Gasteiger partial charge in [0.05, 0.1) is 0 Å². The molecule has 0 aromatic heterocycles. The van der Waals surface area contributed by atoms with Gasteiger partial charge in [-0.3, -0.25) is 4.79 Å². The van der Waals surface area contributed by atoms with Crippen LogP contribution < -0.4 is 0 Å². The maximum absolute atomic E-state index is 11.7. The van der Waals surface area contributed by atoms with Crippen LogP contribution in [0.2, 0.25) is 0 Å². The topological polar surface area (TPSA) is 110 Å². The van der Waals surface area contributed by atoms with Gasteiger partial charge in [0.25, 0.3) is 0 Å². The minimum atomic E-state index is -2.08. The average Bonchev–Trinajstić information content (AvgIpc) is 2.27. The van der Waals surface area contributed by atoms with E-state index in [9.17, 15) is 19.5 Å². The number of hydrogen-bond acceptors (Lipinski definition) is 7. The van der Waals surface area contributed by atoms with E-state index in [-0.39, 0.29) is 6.61 Å². The van der Waals surface area contributed by atoms with Crippen LogP contribution in [0.5, 0.6) is 0 Å². The van der Waals surface area contributed by atoms with Crippen molar-refractivity contribution in [2.75, 3.05) is 6.61 Å². The van der Waals surface area contributed by atoms with E-state index in [1.54, 1.807) is 0 Å². The number of aliphatic hydroxyl groups excluding tert-OH is 2. The first-order valence-corrected chi connectivity index (χ1v) is 5.47. The van der Waals surface area contributed by atoms with E-state index >= 15 is 0 Å². The van der Waals surface area contributed by atoms with Crippen LogP contribution in [0.15, 0.2) is 0 Å². The Morgan fingerprint density at radius 2 is 1.67 bits per heavy atom. The van der Waals surface area contributed by atoms with Crippen molar-refractivity contribution in [2.24, 2.45) is 0 Å². The Morgan fingerprint density at radius 1 is 1.17 bits per heavy atom. The summed E-state index contributed by atoms with van der Waals surface area (Å²) in [5.74, 6) is -3.38. The maximum Gasteiger partial charge on any atom is 0.353 e. The van der Waals surface area contributed by atoms with Gasteiger partial charge in [-0.2, -0.15) is 0 Å². The van der Waals surface area contributed by atoms with Crippen molar-refractivity contribution < 1.29 is 34.1 Å². The summed E-state index contributed by atoms with van der Waals surface area (Å²) < 4.78 is 9.29. The zero-order chi connectivity index (χ0) is 14.5. The van der Waals surface area contributed by atoms with Gasteiger partial charge in [-0.05, 0) is 27.7 Å². The van der Waals surface area contributed by atoms with Crippen molar-refractivity contribution >= 4 is 17.7 Å². The number of ketones is 1. The Labute approximate surface area is 105 Å². The molecular formula is C11H18O7. The van der Waals surface area contributed by atoms with Crippen LogP contribution in [0, 0.1) is 0 Å². The third kappa shape index (κ3) is 3.86. The zero-order valence-corrected chi connectivity index (χ0v) is 10.8. The fraction of sp³-hybridized carbons (Fsp3) is 0.727. The lowest BCUT2D eigenvalue weighted by molar-refractivity contribution is -0.185. The molecule has 0 heterocycles. The zero-order valence-electron chi connectivity index (χ0n) is 10.8. The highest BCUT2D eigenvalue weighted by atomic mass is 16.6. The Hall–Kier alpha value is -1.31. The van der Waals surface area contributed by atoms with Crippen molar-refractivity contribution in [3.63, 3.8) is 0 Å². The molecule has 3 atom stereocenters.